The predicted molar refractivity (Wildman–Crippen MR) is 103 cm³/mol. The summed E-state index contributed by atoms with van der Waals surface area (Å²) in [5, 5.41) is 4.07. The van der Waals surface area contributed by atoms with Crippen molar-refractivity contribution in [2.75, 3.05) is 19.0 Å². The minimum atomic E-state index is -0.0807. The smallest absolute Gasteiger partial charge is 0.257 e. The van der Waals surface area contributed by atoms with Crippen molar-refractivity contribution in [3.05, 3.63) is 69.9 Å². The molecule has 0 bridgehead atoms. The number of aryl methyl sites for hydroxylation is 1. The standard InChI is InChI=1S/C19H21N5OS/c1-14-17(10-21-19(22-14)23(2)3)18(25)24(12-16-6-8-26-13-16)11-15-5-4-7-20-9-15/h4-10,13H,11-12H2,1-3H3. The molecule has 0 atom stereocenters. The van der Waals surface area contributed by atoms with E-state index in [0.29, 0.717) is 30.3 Å². The molecule has 0 aliphatic carbocycles. The van der Waals surface area contributed by atoms with Crippen LogP contribution in [0, 0.1) is 6.92 Å². The van der Waals surface area contributed by atoms with Gasteiger partial charge in [-0.05, 0) is 40.9 Å². The molecule has 134 valence electrons. The van der Waals surface area contributed by atoms with Crippen molar-refractivity contribution in [3.63, 3.8) is 0 Å². The maximum atomic E-state index is 13.2. The van der Waals surface area contributed by atoms with Crippen molar-refractivity contribution >= 4 is 23.2 Å². The van der Waals surface area contributed by atoms with Crippen LogP contribution in [0.5, 0.6) is 0 Å². The third-order valence-corrected chi connectivity index (χ3v) is 4.67. The van der Waals surface area contributed by atoms with Crippen LogP contribution in [0.25, 0.3) is 0 Å². The Morgan fingerprint density at radius 1 is 1.15 bits per heavy atom. The van der Waals surface area contributed by atoms with E-state index in [1.54, 1.807) is 34.8 Å². The fourth-order valence-electron chi connectivity index (χ4n) is 2.57. The lowest BCUT2D eigenvalue weighted by Crippen LogP contribution is -2.31. The van der Waals surface area contributed by atoms with Gasteiger partial charge in [-0.2, -0.15) is 11.3 Å². The SMILES string of the molecule is Cc1nc(N(C)C)ncc1C(=O)N(Cc1cccnc1)Cc1ccsc1. The molecule has 0 fully saturated rings. The Morgan fingerprint density at radius 2 is 1.96 bits per heavy atom. The summed E-state index contributed by atoms with van der Waals surface area (Å²) < 4.78 is 0. The molecule has 3 aromatic rings. The number of thiophene rings is 1. The largest absolute Gasteiger partial charge is 0.347 e. The third-order valence-electron chi connectivity index (χ3n) is 3.93. The molecule has 3 rings (SSSR count). The van der Waals surface area contributed by atoms with Crippen molar-refractivity contribution in [1.29, 1.82) is 0 Å². The van der Waals surface area contributed by atoms with Crippen molar-refractivity contribution in [1.82, 2.24) is 19.9 Å². The zero-order chi connectivity index (χ0) is 18.5. The van der Waals surface area contributed by atoms with Crippen LogP contribution in [-0.2, 0) is 13.1 Å². The van der Waals surface area contributed by atoms with Crippen LogP contribution in [0.4, 0.5) is 5.95 Å². The van der Waals surface area contributed by atoms with Crippen LogP contribution in [0.15, 0.2) is 47.5 Å². The van der Waals surface area contributed by atoms with Gasteiger partial charge in [0, 0.05) is 45.8 Å². The monoisotopic (exact) mass is 367 g/mol. The number of amides is 1. The summed E-state index contributed by atoms with van der Waals surface area (Å²) in [6, 6.07) is 5.88. The van der Waals surface area contributed by atoms with Gasteiger partial charge in [-0.15, -0.1) is 0 Å². The fraction of sp³-hybridized carbons (Fsp3) is 0.263. The molecule has 0 unspecified atom stereocenters. The summed E-state index contributed by atoms with van der Waals surface area (Å²) in [5.41, 5.74) is 3.29. The molecule has 26 heavy (non-hydrogen) atoms. The van der Waals surface area contributed by atoms with Crippen LogP contribution in [-0.4, -0.2) is 39.9 Å². The van der Waals surface area contributed by atoms with E-state index in [2.05, 4.69) is 20.3 Å². The highest BCUT2D eigenvalue weighted by Gasteiger charge is 2.20. The Morgan fingerprint density at radius 3 is 2.58 bits per heavy atom. The number of carbonyl (C=O) groups is 1. The molecule has 0 aliphatic heterocycles. The first-order valence-electron chi connectivity index (χ1n) is 8.25. The number of anilines is 1. The summed E-state index contributed by atoms with van der Waals surface area (Å²) in [5.74, 6) is 0.513. The van der Waals surface area contributed by atoms with Gasteiger partial charge in [-0.1, -0.05) is 6.07 Å². The van der Waals surface area contributed by atoms with Crippen molar-refractivity contribution < 1.29 is 4.79 Å². The Labute approximate surface area is 157 Å². The van der Waals surface area contributed by atoms with Crippen molar-refractivity contribution in [3.8, 4) is 0 Å². The maximum Gasteiger partial charge on any atom is 0.257 e. The molecule has 0 N–H and O–H groups in total. The number of hydrogen-bond acceptors (Lipinski definition) is 6. The molecule has 1 amide bonds. The molecule has 3 heterocycles. The zero-order valence-corrected chi connectivity index (χ0v) is 15.9. The second kappa shape index (κ2) is 8.05. The molecule has 6 nitrogen and oxygen atoms in total. The minimum absolute atomic E-state index is 0.0807. The highest BCUT2D eigenvalue weighted by molar-refractivity contribution is 7.07. The van der Waals surface area contributed by atoms with E-state index < -0.39 is 0 Å². The van der Waals surface area contributed by atoms with Crippen LogP contribution in [0.3, 0.4) is 0 Å². The quantitative estimate of drug-likeness (QED) is 0.670. The normalized spacial score (nSPS) is 10.6. The molecule has 3 aromatic heterocycles. The van der Waals surface area contributed by atoms with E-state index in [1.165, 1.54) is 0 Å². The van der Waals surface area contributed by atoms with E-state index in [1.807, 2.05) is 49.5 Å². The van der Waals surface area contributed by atoms with E-state index in [0.717, 1.165) is 11.1 Å². The maximum absolute atomic E-state index is 13.2. The first-order chi connectivity index (χ1) is 12.5. The van der Waals surface area contributed by atoms with Crippen LogP contribution < -0.4 is 4.90 Å². The van der Waals surface area contributed by atoms with E-state index in [9.17, 15) is 4.79 Å². The van der Waals surface area contributed by atoms with Crippen LogP contribution in [0.1, 0.15) is 27.2 Å². The summed E-state index contributed by atoms with van der Waals surface area (Å²) in [4.78, 5) is 29.7. The Bertz CT molecular complexity index is 865. The molecular formula is C19H21N5OS. The van der Waals surface area contributed by atoms with Crippen LogP contribution >= 0.6 is 11.3 Å². The molecule has 7 heteroatoms. The lowest BCUT2D eigenvalue weighted by Gasteiger charge is -2.23. The average Bonchev–Trinajstić information content (AvgIpc) is 3.14. The van der Waals surface area contributed by atoms with Gasteiger partial charge >= 0.3 is 0 Å². The van der Waals surface area contributed by atoms with Crippen LogP contribution in [0.2, 0.25) is 0 Å². The fourth-order valence-corrected chi connectivity index (χ4v) is 3.22. The molecule has 0 aromatic carbocycles. The Hall–Kier alpha value is -2.80. The number of aromatic nitrogens is 3. The van der Waals surface area contributed by atoms with Gasteiger partial charge in [0.2, 0.25) is 5.95 Å². The molecule has 0 saturated heterocycles. The predicted octanol–water partition coefficient (Wildman–Crippen LogP) is 3.15. The van der Waals surface area contributed by atoms with Gasteiger partial charge in [0.1, 0.15) is 0 Å². The molecular weight excluding hydrogens is 346 g/mol. The lowest BCUT2D eigenvalue weighted by molar-refractivity contribution is 0.0728. The van der Waals surface area contributed by atoms with Crippen molar-refractivity contribution in [2.45, 2.75) is 20.0 Å². The summed E-state index contributed by atoms with van der Waals surface area (Å²) in [7, 11) is 3.75. The Kier molecular flexibility index (Phi) is 5.58. The molecule has 0 radical (unpaired) electrons. The number of rotatable bonds is 6. The topological polar surface area (TPSA) is 62.2 Å². The average molecular weight is 367 g/mol. The molecule has 0 aliphatic rings. The minimum Gasteiger partial charge on any atom is -0.347 e. The van der Waals surface area contributed by atoms with Gasteiger partial charge in [0.15, 0.2) is 0 Å². The highest BCUT2D eigenvalue weighted by atomic mass is 32.1. The molecule has 0 spiro atoms. The van der Waals surface area contributed by atoms with Gasteiger partial charge in [-0.25, -0.2) is 9.97 Å². The van der Waals surface area contributed by atoms with E-state index in [-0.39, 0.29) is 5.91 Å². The highest BCUT2D eigenvalue weighted by Crippen LogP contribution is 2.17. The first kappa shape index (κ1) is 18.0. The number of nitrogens with zero attached hydrogens (tertiary/aromatic N) is 5. The third kappa shape index (κ3) is 4.23. The number of carbonyl (C=O) groups excluding carboxylic acids is 1. The van der Waals surface area contributed by atoms with Gasteiger partial charge in [-0.3, -0.25) is 9.78 Å². The second-order valence-electron chi connectivity index (χ2n) is 6.22. The number of hydrogen-bond donors (Lipinski definition) is 0. The zero-order valence-electron chi connectivity index (χ0n) is 15.1. The first-order valence-corrected chi connectivity index (χ1v) is 9.19. The van der Waals surface area contributed by atoms with Gasteiger partial charge in [0.05, 0.1) is 11.3 Å². The Balaban J connectivity index is 1.89. The van der Waals surface area contributed by atoms with E-state index in [4.69, 9.17) is 0 Å². The number of pyridine rings is 1. The molecule has 0 saturated carbocycles. The summed E-state index contributed by atoms with van der Waals surface area (Å²) >= 11 is 1.62. The summed E-state index contributed by atoms with van der Waals surface area (Å²) in [6.45, 7) is 2.86. The van der Waals surface area contributed by atoms with Crippen molar-refractivity contribution in [2.24, 2.45) is 0 Å². The van der Waals surface area contributed by atoms with E-state index >= 15 is 0 Å². The van der Waals surface area contributed by atoms with Gasteiger partial charge in [0.25, 0.3) is 5.91 Å². The van der Waals surface area contributed by atoms with Gasteiger partial charge < -0.3 is 9.80 Å². The summed E-state index contributed by atoms with van der Waals surface area (Å²) in [6.07, 6.45) is 5.13. The lowest BCUT2D eigenvalue weighted by atomic mass is 10.1. The second-order valence-corrected chi connectivity index (χ2v) is 7.00.